The second-order valence-electron chi connectivity index (χ2n) is 5.88. The van der Waals surface area contributed by atoms with Crippen molar-refractivity contribution in [2.45, 2.75) is 43.1 Å². The van der Waals surface area contributed by atoms with Crippen LogP contribution in [0.4, 0.5) is 5.82 Å². The van der Waals surface area contributed by atoms with Gasteiger partial charge in [0.15, 0.2) is 9.84 Å². The summed E-state index contributed by atoms with van der Waals surface area (Å²) in [5, 5.41) is 13.5. The zero-order valence-electron chi connectivity index (χ0n) is 12.0. The summed E-state index contributed by atoms with van der Waals surface area (Å²) in [5.41, 5.74) is -0.765. The first-order valence-electron chi connectivity index (χ1n) is 6.91. The van der Waals surface area contributed by atoms with E-state index in [-0.39, 0.29) is 4.90 Å². The molecule has 0 bridgehead atoms. The highest BCUT2D eigenvalue weighted by atomic mass is 32.2. The molecule has 112 valence electrons. The molecule has 2 N–H and O–H groups in total. The molecule has 0 aliphatic heterocycles. The smallest absolute Gasteiger partial charge is 0.179 e. The number of nitrogens with one attached hydrogen (secondary N) is 1. The van der Waals surface area contributed by atoms with Crippen LogP contribution in [0.25, 0.3) is 0 Å². The summed E-state index contributed by atoms with van der Waals surface area (Å²) in [7, 11) is -3.32. The summed E-state index contributed by atoms with van der Waals surface area (Å²) in [6.45, 7) is 2.52. The molecule has 1 fully saturated rings. The molecule has 1 heterocycles. The van der Waals surface area contributed by atoms with Crippen LogP contribution < -0.4 is 5.32 Å². The molecule has 0 aromatic carbocycles. The van der Waals surface area contributed by atoms with Crippen LogP contribution in [0.3, 0.4) is 0 Å². The van der Waals surface area contributed by atoms with Gasteiger partial charge in [-0.05, 0) is 43.7 Å². The van der Waals surface area contributed by atoms with Crippen molar-refractivity contribution in [1.82, 2.24) is 4.98 Å². The summed E-state index contributed by atoms with van der Waals surface area (Å²) in [4.78, 5) is 4.25. The minimum absolute atomic E-state index is 0.174. The molecule has 20 heavy (non-hydrogen) atoms. The van der Waals surface area contributed by atoms with Crippen LogP contribution in [0, 0.1) is 5.92 Å². The summed E-state index contributed by atoms with van der Waals surface area (Å²) >= 11 is 0. The Bertz CT molecular complexity index is 564. The molecule has 0 radical (unpaired) electrons. The lowest BCUT2D eigenvalue weighted by molar-refractivity contribution is 0.00490. The van der Waals surface area contributed by atoms with E-state index in [4.69, 9.17) is 0 Å². The molecule has 0 atom stereocenters. The largest absolute Gasteiger partial charge is 0.388 e. The van der Waals surface area contributed by atoms with Gasteiger partial charge in [0.05, 0.1) is 5.60 Å². The number of anilines is 1. The van der Waals surface area contributed by atoms with E-state index >= 15 is 0 Å². The molecule has 0 unspecified atom stereocenters. The first-order chi connectivity index (χ1) is 9.30. The van der Waals surface area contributed by atoms with E-state index in [9.17, 15) is 13.5 Å². The Balaban J connectivity index is 2.08. The summed E-state index contributed by atoms with van der Waals surface area (Å²) in [5.74, 6) is 0.971. The third-order valence-corrected chi connectivity index (χ3v) is 5.09. The lowest BCUT2D eigenvalue weighted by Gasteiger charge is -2.35. The van der Waals surface area contributed by atoms with Crippen molar-refractivity contribution < 1.29 is 13.5 Å². The molecule has 2 rings (SSSR count). The van der Waals surface area contributed by atoms with Crippen LogP contribution in [0.1, 0.15) is 32.6 Å². The Labute approximate surface area is 120 Å². The zero-order chi connectivity index (χ0) is 14.8. The van der Waals surface area contributed by atoms with Crippen LogP contribution in [0.15, 0.2) is 23.2 Å². The Hall–Kier alpha value is -1.14. The highest BCUT2D eigenvalue weighted by Crippen LogP contribution is 2.32. The number of nitrogens with zero attached hydrogens (tertiary/aromatic N) is 1. The maximum absolute atomic E-state index is 11.7. The van der Waals surface area contributed by atoms with Crippen molar-refractivity contribution in [1.29, 1.82) is 0 Å². The minimum Gasteiger partial charge on any atom is -0.388 e. The van der Waals surface area contributed by atoms with Crippen molar-refractivity contribution >= 4 is 15.7 Å². The van der Waals surface area contributed by atoms with Crippen LogP contribution in [-0.2, 0) is 9.84 Å². The SMILES string of the molecule is CC1CCC(O)(CNc2ncccc2S(C)(=O)=O)CC1. The number of aromatic nitrogens is 1. The van der Waals surface area contributed by atoms with Crippen LogP contribution >= 0.6 is 0 Å². The Morgan fingerprint density at radius 3 is 2.70 bits per heavy atom. The van der Waals surface area contributed by atoms with Crippen LogP contribution in [-0.4, -0.2) is 36.9 Å². The van der Waals surface area contributed by atoms with Crippen LogP contribution in [0.2, 0.25) is 0 Å². The minimum atomic E-state index is -3.32. The number of rotatable bonds is 4. The van der Waals surface area contributed by atoms with Crippen LogP contribution in [0.5, 0.6) is 0 Å². The van der Waals surface area contributed by atoms with Gasteiger partial charge in [0.2, 0.25) is 0 Å². The lowest BCUT2D eigenvalue weighted by Crippen LogP contribution is -2.40. The molecule has 0 spiro atoms. The summed E-state index contributed by atoms with van der Waals surface area (Å²) in [6, 6.07) is 3.12. The van der Waals surface area contributed by atoms with Crippen molar-refractivity contribution in [2.24, 2.45) is 5.92 Å². The molecular weight excluding hydrogens is 276 g/mol. The van der Waals surface area contributed by atoms with Crippen molar-refractivity contribution in [3.05, 3.63) is 18.3 Å². The Morgan fingerprint density at radius 2 is 2.10 bits per heavy atom. The van der Waals surface area contributed by atoms with Gasteiger partial charge in [-0.1, -0.05) is 6.92 Å². The molecular formula is C14H22N2O3S. The van der Waals surface area contributed by atoms with E-state index in [2.05, 4.69) is 17.2 Å². The summed E-state index contributed by atoms with van der Waals surface area (Å²) in [6.07, 6.45) is 6.18. The molecule has 0 amide bonds. The van der Waals surface area contributed by atoms with E-state index in [0.717, 1.165) is 31.9 Å². The average molecular weight is 298 g/mol. The number of sulfone groups is 1. The fourth-order valence-electron chi connectivity index (χ4n) is 2.55. The molecule has 1 saturated carbocycles. The quantitative estimate of drug-likeness (QED) is 0.886. The normalized spacial score (nSPS) is 27.2. The van der Waals surface area contributed by atoms with Crippen molar-refractivity contribution in [2.75, 3.05) is 18.1 Å². The van der Waals surface area contributed by atoms with Gasteiger partial charge in [-0.3, -0.25) is 0 Å². The van der Waals surface area contributed by atoms with Gasteiger partial charge in [-0.2, -0.15) is 0 Å². The summed E-state index contributed by atoms with van der Waals surface area (Å²) < 4.78 is 23.4. The average Bonchev–Trinajstić information content (AvgIpc) is 2.40. The monoisotopic (exact) mass is 298 g/mol. The first kappa shape index (κ1) is 15.3. The van der Waals surface area contributed by atoms with Gasteiger partial charge in [0, 0.05) is 19.0 Å². The van der Waals surface area contributed by atoms with Crippen molar-refractivity contribution in [3.63, 3.8) is 0 Å². The van der Waals surface area contributed by atoms with Gasteiger partial charge in [0.1, 0.15) is 10.7 Å². The lowest BCUT2D eigenvalue weighted by atomic mass is 9.79. The van der Waals surface area contributed by atoms with Gasteiger partial charge in [-0.15, -0.1) is 0 Å². The molecule has 1 aromatic heterocycles. The fourth-order valence-corrected chi connectivity index (χ4v) is 3.35. The van der Waals surface area contributed by atoms with E-state index in [0.29, 0.717) is 18.3 Å². The number of hydrogen-bond acceptors (Lipinski definition) is 5. The molecule has 1 aromatic rings. The standard InChI is InChI=1S/C14H22N2O3S/c1-11-5-7-14(17,8-6-11)10-16-13-12(20(2,18)19)4-3-9-15-13/h3-4,9,11,17H,5-8,10H2,1-2H3,(H,15,16). The van der Waals surface area contributed by atoms with Crippen molar-refractivity contribution in [3.8, 4) is 0 Å². The number of hydrogen-bond donors (Lipinski definition) is 2. The van der Waals surface area contributed by atoms with Gasteiger partial charge < -0.3 is 10.4 Å². The van der Waals surface area contributed by atoms with Gasteiger partial charge in [-0.25, -0.2) is 13.4 Å². The molecule has 5 nitrogen and oxygen atoms in total. The van der Waals surface area contributed by atoms with Gasteiger partial charge >= 0.3 is 0 Å². The Kier molecular flexibility index (Phi) is 4.34. The fraction of sp³-hybridized carbons (Fsp3) is 0.643. The van der Waals surface area contributed by atoms with E-state index in [1.165, 1.54) is 6.07 Å². The zero-order valence-corrected chi connectivity index (χ0v) is 12.8. The molecule has 1 aliphatic rings. The molecule has 1 aliphatic carbocycles. The molecule has 0 saturated heterocycles. The highest BCUT2D eigenvalue weighted by Gasteiger charge is 2.32. The number of aliphatic hydroxyl groups is 1. The van der Waals surface area contributed by atoms with E-state index in [1.807, 2.05) is 0 Å². The molecule has 6 heteroatoms. The highest BCUT2D eigenvalue weighted by molar-refractivity contribution is 7.90. The topological polar surface area (TPSA) is 79.3 Å². The number of pyridine rings is 1. The first-order valence-corrected chi connectivity index (χ1v) is 8.81. The van der Waals surface area contributed by atoms with Gasteiger partial charge in [0.25, 0.3) is 0 Å². The van der Waals surface area contributed by atoms with E-state index in [1.54, 1.807) is 12.3 Å². The van der Waals surface area contributed by atoms with E-state index < -0.39 is 15.4 Å². The third-order valence-electron chi connectivity index (χ3n) is 3.96. The predicted molar refractivity (Wildman–Crippen MR) is 78.4 cm³/mol. The maximum Gasteiger partial charge on any atom is 0.179 e. The maximum atomic E-state index is 11.7. The second kappa shape index (κ2) is 5.69. The predicted octanol–water partition coefficient (Wildman–Crippen LogP) is 1.84. The second-order valence-corrected chi connectivity index (χ2v) is 7.87. The Morgan fingerprint density at radius 1 is 1.45 bits per heavy atom. The third kappa shape index (κ3) is 3.70.